The molecule has 5 heteroatoms. The summed E-state index contributed by atoms with van der Waals surface area (Å²) in [6, 6.07) is 0.707. The van der Waals surface area contributed by atoms with Crippen LogP contribution in [0.3, 0.4) is 0 Å². The Kier molecular flexibility index (Phi) is 8.73. The third-order valence-electron chi connectivity index (χ3n) is 7.24. The van der Waals surface area contributed by atoms with Crippen LogP contribution in [0.25, 0.3) is 0 Å². The normalized spacial score (nSPS) is 20.0. The zero-order valence-corrected chi connectivity index (χ0v) is 19.4. The van der Waals surface area contributed by atoms with Gasteiger partial charge in [0, 0.05) is 63.8 Å². The molecule has 0 saturated carbocycles. The summed E-state index contributed by atoms with van der Waals surface area (Å²) < 4.78 is 0. The Hall–Kier alpha value is -1.20. The van der Waals surface area contributed by atoms with Crippen LogP contribution in [0.1, 0.15) is 71.1 Å². The van der Waals surface area contributed by atoms with Crippen LogP contribution in [0.2, 0.25) is 0 Å². The van der Waals surface area contributed by atoms with Gasteiger partial charge in [-0.3, -0.25) is 4.90 Å². The second-order valence-corrected chi connectivity index (χ2v) is 9.12. The van der Waals surface area contributed by atoms with Crippen LogP contribution in [0.5, 0.6) is 0 Å². The molecule has 2 aliphatic heterocycles. The Morgan fingerprint density at radius 2 is 1.66 bits per heavy atom. The van der Waals surface area contributed by atoms with Gasteiger partial charge in [-0.1, -0.05) is 46.5 Å². The summed E-state index contributed by atoms with van der Waals surface area (Å²) in [5.41, 5.74) is 2.72. The number of piperazine rings is 1. The third kappa shape index (κ3) is 5.91. The van der Waals surface area contributed by atoms with Gasteiger partial charge in [0.1, 0.15) is 12.1 Å². The first kappa shape index (κ1) is 22.5. The molecule has 1 atom stereocenters. The van der Waals surface area contributed by atoms with E-state index in [0.29, 0.717) is 6.04 Å². The average molecular weight is 402 g/mol. The van der Waals surface area contributed by atoms with E-state index < -0.39 is 0 Å². The fourth-order valence-electron chi connectivity index (χ4n) is 4.98. The first-order valence-electron chi connectivity index (χ1n) is 12.2. The number of nitrogens with zero attached hydrogens (tertiary/aromatic N) is 5. The number of aromatic nitrogens is 2. The number of anilines is 1. The van der Waals surface area contributed by atoms with Crippen LogP contribution in [-0.2, 0) is 12.8 Å². The molecule has 5 nitrogen and oxygen atoms in total. The fraction of sp³-hybridized carbons (Fsp3) is 0.833. The molecule has 2 aliphatic rings. The summed E-state index contributed by atoms with van der Waals surface area (Å²) in [5.74, 6) is 2.05. The van der Waals surface area contributed by atoms with Gasteiger partial charge in [0.2, 0.25) is 0 Å². The van der Waals surface area contributed by atoms with Crippen molar-refractivity contribution in [3.8, 4) is 0 Å². The quantitative estimate of drug-likeness (QED) is 0.625. The van der Waals surface area contributed by atoms with Crippen LogP contribution < -0.4 is 4.90 Å². The molecule has 1 saturated heterocycles. The van der Waals surface area contributed by atoms with Crippen molar-refractivity contribution in [2.24, 2.45) is 5.92 Å². The second-order valence-electron chi connectivity index (χ2n) is 9.12. The van der Waals surface area contributed by atoms with Crippen molar-refractivity contribution in [3.05, 3.63) is 17.6 Å². The Labute approximate surface area is 178 Å². The molecule has 1 unspecified atom stereocenters. The van der Waals surface area contributed by atoms with Crippen LogP contribution in [0.4, 0.5) is 5.82 Å². The molecule has 0 bridgehead atoms. The van der Waals surface area contributed by atoms with Crippen molar-refractivity contribution >= 4 is 5.82 Å². The summed E-state index contributed by atoms with van der Waals surface area (Å²) in [5, 5.41) is 0. The SMILES string of the molecule is CCCCC(C)N1CCN(c2ncnc3c2CCN(CC(CC)CC)CC3)CC1. The summed E-state index contributed by atoms with van der Waals surface area (Å²) >= 11 is 0. The van der Waals surface area contributed by atoms with Gasteiger partial charge < -0.3 is 9.80 Å². The number of hydrogen-bond donors (Lipinski definition) is 0. The van der Waals surface area contributed by atoms with Gasteiger partial charge in [-0.2, -0.15) is 0 Å². The van der Waals surface area contributed by atoms with E-state index in [-0.39, 0.29) is 0 Å². The lowest BCUT2D eigenvalue weighted by atomic mass is 10.0. The van der Waals surface area contributed by atoms with Crippen molar-refractivity contribution in [3.63, 3.8) is 0 Å². The highest BCUT2D eigenvalue weighted by atomic mass is 15.3. The minimum Gasteiger partial charge on any atom is -0.354 e. The molecule has 1 aromatic heterocycles. The van der Waals surface area contributed by atoms with Crippen LogP contribution >= 0.6 is 0 Å². The van der Waals surface area contributed by atoms with Gasteiger partial charge >= 0.3 is 0 Å². The summed E-state index contributed by atoms with van der Waals surface area (Å²) in [4.78, 5) is 17.3. The van der Waals surface area contributed by atoms with E-state index in [4.69, 9.17) is 9.97 Å². The Morgan fingerprint density at radius 1 is 0.931 bits per heavy atom. The maximum absolute atomic E-state index is 4.77. The lowest BCUT2D eigenvalue weighted by Crippen LogP contribution is -2.50. The van der Waals surface area contributed by atoms with Crippen LogP contribution in [-0.4, -0.2) is 71.6 Å². The highest BCUT2D eigenvalue weighted by Gasteiger charge is 2.26. The van der Waals surface area contributed by atoms with Gasteiger partial charge in [0.05, 0.1) is 5.69 Å². The highest BCUT2D eigenvalue weighted by molar-refractivity contribution is 5.49. The third-order valence-corrected chi connectivity index (χ3v) is 7.24. The van der Waals surface area contributed by atoms with Crippen LogP contribution in [0, 0.1) is 5.92 Å². The maximum atomic E-state index is 4.77. The standard InChI is InChI=1S/C24H43N5/c1-5-8-9-20(4)28-14-16-29(17-15-28)24-22-10-12-27(18-21(6-2)7-3)13-11-23(22)25-19-26-24/h19-21H,5-18H2,1-4H3. The Morgan fingerprint density at radius 3 is 2.34 bits per heavy atom. The topological polar surface area (TPSA) is 35.5 Å². The second kappa shape index (κ2) is 11.3. The number of fused-ring (bicyclic) bond motifs is 1. The molecule has 0 spiro atoms. The maximum Gasteiger partial charge on any atom is 0.135 e. The summed E-state index contributed by atoms with van der Waals surface area (Å²) in [6.45, 7) is 17.4. The molecule has 29 heavy (non-hydrogen) atoms. The van der Waals surface area contributed by atoms with Gasteiger partial charge in [0.15, 0.2) is 0 Å². The summed E-state index contributed by atoms with van der Waals surface area (Å²) in [7, 11) is 0. The van der Waals surface area contributed by atoms with Crippen molar-refractivity contribution in [1.82, 2.24) is 19.8 Å². The molecule has 0 amide bonds. The van der Waals surface area contributed by atoms with E-state index in [2.05, 4.69) is 42.4 Å². The highest BCUT2D eigenvalue weighted by Crippen LogP contribution is 2.26. The first-order chi connectivity index (χ1) is 14.2. The Bertz CT molecular complexity index is 607. The fourth-order valence-corrected chi connectivity index (χ4v) is 4.98. The molecule has 3 rings (SSSR count). The van der Waals surface area contributed by atoms with E-state index in [1.807, 2.05) is 0 Å². The zero-order valence-electron chi connectivity index (χ0n) is 19.4. The molecule has 0 aliphatic carbocycles. The van der Waals surface area contributed by atoms with E-state index in [0.717, 1.165) is 58.0 Å². The van der Waals surface area contributed by atoms with E-state index in [9.17, 15) is 0 Å². The van der Waals surface area contributed by atoms with Crippen LogP contribution in [0.15, 0.2) is 6.33 Å². The first-order valence-corrected chi connectivity index (χ1v) is 12.2. The van der Waals surface area contributed by atoms with Gasteiger partial charge in [-0.05, 0) is 25.7 Å². The van der Waals surface area contributed by atoms with E-state index >= 15 is 0 Å². The molecule has 1 aromatic rings. The molecular formula is C24H43N5. The average Bonchev–Trinajstić information content (AvgIpc) is 2.98. The minimum absolute atomic E-state index is 0.707. The molecule has 0 aromatic carbocycles. The predicted molar refractivity (Wildman–Crippen MR) is 123 cm³/mol. The molecular weight excluding hydrogens is 358 g/mol. The smallest absolute Gasteiger partial charge is 0.135 e. The summed E-state index contributed by atoms with van der Waals surface area (Å²) in [6.07, 6.45) is 10.5. The van der Waals surface area contributed by atoms with Crippen molar-refractivity contribution in [2.75, 3.05) is 50.7 Å². The zero-order chi connectivity index (χ0) is 20.6. The number of hydrogen-bond acceptors (Lipinski definition) is 5. The van der Waals surface area contributed by atoms with E-state index in [1.165, 1.54) is 55.7 Å². The monoisotopic (exact) mass is 401 g/mol. The minimum atomic E-state index is 0.707. The molecule has 3 heterocycles. The van der Waals surface area contributed by atoms with Crippen molar-refractivity contribution in [2.45, 2.75) is 78.7 Å². The Balaban J connectivity index is 1.61. The van der Waals surface area contributed by atoms with Gasteiger partial charge in [0.25, 0.3) is 0 Å². The molecule has 164 valence electrons. The van der Waals surface area contributed by atoms with Gasteiger partial charge in [-0.25, -0.2) is 9.97 Å². The van der Waals surface area contributed by atoms with Gasteiger partial charge in [-0.15, -0.1) is 0 Å². The number of rotatable bonds is 9. The molecule has 1 fully saturated rings. The molecule has 0 N–H and O–H groups in total. The number of unbranched alkanes of at least 4 members (excludes halogenated alkanes) is 1. The van der Waals surface area contributed by atoms with Crippen molar-refractivity contribution < 1.29 is 0 Å². The molecule has 0 radical (unpaired) electrons. The lowest BCUT2D eigenvalue weighted by molar-refractivity contribution is 0.185. The largest absolute Gasteiger partial charge is 0.354 e. The lowest BCUT2D eigenvalue weighted by Gasteiger charge is -2.39. The predicted octanol–water partition coefficient (Wildman–Crippen LogP) is 4.01. The van der Waals surface area contributed by atoms with Crippen molar-refractivity contribution in [1.29, 1.82) is 0 Å². The van der Waals surface area contributed by atoms with E-state index in [1.54, 1.807) is 6.33 Å².